The van der Waals surface area contributed by atoms with Crippen molar-refractivity contribution in [3.63, 3.8) is 0 Å². The molecule has 0 aliphatic rings. The lowest BCUT2D eigenvalue weighted by Gasteiger charge is -2.17. The number of carboxylic acids is 1. The van der Waals surface area contributed by atoms with Crippen molar-refractivity contribution in [1.29, 1.82) is 0 Å². The van der Waals surface area contributed by atoms with Crippen LogP contribution in [-0.2, 0) is 19.6 Å². The average Bonchev–Trinajstić information content (AvgIpc) is 2.40. The van der Waals surface area contributed by atoms with Gasteiger partial charge in [-0.25, -0.2) is 13.2 Å². The second-order valence-electron chi connectivity index (χ2n) is 4.22. The van der Waals surface area contributed by atoms with Crippen LogP contribution >= 0.6 is 15.9 Å². The number of methoxy groups -OCH3 is 1. The van der Waals surface area contributed by atoms with E-state index in [1.54, 1.807) is 6.92 Å². The SMILES string of the molecule is COC(=O)CN(C)S(=O)(=O)c1cc(Br)c(C)c(C(=O)O)c1. The highest BCUT2D eigenvalue weighted by atomic mass is 79.9. The lowest BCUT2D eigenvalue weighted by Crippen LogP contribution is -2.32. The molecule has 1 N–H and O–H groups in total. The minimum Gasteiger partial charge on any atom is -0.478 e. The van der Waals surface area contributed by atoms with Crippen molar-refractivity contribution in [3.8, 4) is 0 Å². The van der Waals surface area contributed by atoms with Crippen molar-refractivity contribution < 1.29 is 27.9 Å². The van der Waals surface area contributed by atoms with Gasteiger partial charge in [-0.05, 0) is 24.6 Å². The number of rotatable bonds is 5. The van der Waals surface area contributed by atoms with E-state index >= 15 is 0 Å². The van der Waals surface area contributed by atoms with Crippen LogP contribution < -0.4 is 0 Å². The second kappa shape index (κ2) is 6.54. The molecule has 9 heteroatoms. The lowest BCUT2D eigenvalue weighted by atomic mass is 10.1. The fourth-order valence-electron chi connectivity index (χ4n) is 1.54. The summed E-state index contributed by atoms with van der Waals surface area (Å²) in [7, 11) is -1.64. The highest BCUT2D eigenvalue weighted by Crippen LogP contribution is 2.26. The number of sulfonamides is 1. The lowest BCUT2D eigenvalue weighted by molar-refractivity contribution is -0.140. The van der Waals surface area contributed by atoms with Gasteiger partial charge in [-0.15, -0.1) is 0 Å². The molecule has 0 aliphatic heterocycles. The van der Waals surface area contributed by atoms with E-state index in [1.165, 1.54) is 13.1 Å². The van der Waals surface area contributed by atoms with Crippen LogP contribution in [0.5, 0.6) is 0 Å². The fraction of sp³-hybridized carbons (Fsp3) is 0.333. The predicted octanol–water partition coefficient (Wildman–Crippen LogP) is 1.25. The zero-order chi connectivity index (χ0) is 16.4. The van der Waals surface area contributed by atoms with E-state index in [2.05, 4.69) is 20.7 Å². The summed E-state index contributed by atoms with van der Waals surface area (Å²) in [5.74, 6) is -1.95. The third-order valence-corrected chi connectivity index (χ3v) is 5.44. The monoisotopic (exact) mass is 379 g/mol. The molecule has 1 rings (SSSR count). The van der Waals surface area contributed by atoms with E-state index in [9.17, 15) is 18.0 Å². The van der Waals surface area contributed by atoms with Crippen LogP contribution in [0.25, 0.3) is 0 Å². The van der Waals surface area contributed by atoms with Gasteiger partial charge in [-0.1, -0.05) is 15.9 Å². The molecular weight excluding hydrogens is 366 g/mol. The van der Waals surface area contributed by atoms with Crippen LogP contribution in [0.3, 0.4) is 0 Å². The molecule has 0 heterocycles. The third-order valence-electron chi connectivity index (χ3n) is 2.84. The first-order chi connectivity index (χ1) is 9.61. The van der Waals surface area contributed by atoms with Gasteiger partial charge in [0.15, 0.2) is 0 Å². The number of esters is 1. The molecule has 0 aliphatic carbocycles. The number of likely N-dealkylation sites (N-methyl/N-ethyl adjacent to an activating group) is 1. The van der Waals surface area contributed by atoms with Crippen LogP contribution in [-0.4, -0.2) is 50.5 Å². The Morgan fingerprint density at radius 2 is 1.95 bits per heavy atom. The summed E-state index contributed by atoms with van der Waals surface area (Å²) in [5, 5.41) is 9.10. The largest absolute Gasteiger partial charge is 0.478 e. The maximum Gasteiger partial charge on any atom is 0.336 e. The molecule has 1 aromatic carbocycles. The van der Waals surface area contributed by atoms with Crippen molar-refractivity contribution >= 4 is 37.9 Å². The van der Waals surface area contributed by atoms with Crippen molar-refractivity contribution in [2.45, 2.75) is 11.8 Å². The Kier molecular flexibility index (Phi) is 5.48. The van der Waals surface area contributed by atoms with Crippen molar-refractivity contribution in [2.24, 2.45) is 0 Å². The summed E-state index contributed by atoms with van der Waals surface area (Å²) in [6.45, 7) is 1.09. The van der Waals surface area contributed by atoms with E-state index in [4.69, 9.17) is 5.11 Å². The van der Waals surface area contributed by atoms with Crippen LogP contribution in [0.2, 0.25) is 0 Å². The molecule has 21 heavy (non-hydrogen) atoms. The maximum absolute atomic E-state index is 12.3. The first-order valence-electron chi connectivity index (χ1n) is 5.67. The number of carbonyl (C=O) groups excluding carboxylic acids is 1. The molecule has 0 fully saturated rings. The third kappa shape index (κ3) is 3.80. The average molecular weight is 380 g/mol. The van der Waals surface area contributed by atoms with Gasteiger partial charge in [0.05, 0.1) is 17.6 Å². The van der Waals surface area contributed by atoms with Gasteiger partial charge in [0.25, 0.3) is 0 Å². The van der Waals surface area contributed by atoms with E-state index < -0.39 is 28.5 Å². The topological polar surface area (TPSA) is 101 Å². The predicted molar refractivity (Wildman–Crippen MR) is 77.7 cm³/mol. The smallest absolute Gasteiger partial charge is 0.336 e. The number of halogens is 1. The first-order valence-corrected chi connectivity index (χ1v) is 7.91. The molecule has 0 saturated carbocycles. The molecule has 0 bridgehead atoms. The molecule has 7 nitrogen and oxygen atoms in total. The Morgan fingerprint density at radius 3 is 2.43 bits per heavy atom. The van der Waals surface area contributed by atoms with Gasteiger partial charge in [0, 0.05) is 11.5 Å². The standard InChI is InChI=1S/C12H14BrNO6S/c1-7-9(12(16)17)4-8(5-10(7)13)21(18,19)14(2)6-11(15)20-3/h4-5H,6H2,1-3H3,(H,16,17). The Bertz CT molecular complexity index is 685. The number of hydrogen-bond acceptors (Lipinski definition) is 5. The first kappa shape index (κ1) is 17.6. The summed E-state index contributed by atoms with van der Waals surface area (Å²) < 4.78 is 30.2. The molecule has 0 saturated heterocycles. The number of carboxylic acid groups (broad SMARTS) is 1. The van der Waals surface area contributed by atoms with Gasteiger partial charge >= 0.3 is 11.9 Å². The summed E-state index contributed by atoms with van der Waals surface area (Å²) in [6, 6.07) is 2.36. The molecule has 0 radical (unpaired) electrons. The molecule has 0 atom stereocenters. The zero-order valence-electron chi connectivity index (χ0n) is 11.6. The number of aromatic carboxylic acids is 1. The Balaban J connectivity index is 3.32. The highest BCUT2D eigenvalue weighted by Gasteiger charge is 2.26. The van der Waals surface area contributed by atoms with Gasteiger partial charge in [-0.3, -0.25) is 4.79 Å². The summed E-state index contributed by atoms with van der Waals surface area (Å²) in [4.78, 5) is 22.1. The van der Waals surface area contributed by atoms with E-state index in [1.807, 2.05) is 0 Å². The van der Waals surface area contributed by atoms with Gasteiger partial charge in [0.2, 0.25) is 10.0 Å². The molecule has 1 aromatic rings. The highest BCUT2D eigenvalue weighted by molar-refractivity contribution is 9.10. The minimum atomic E-state index is -4.00. The molecule has 0 aromatic heterocycles. The summed E-state index contributed by atoms with van der Waals surface area (Å²) in [6.07, 6.45) is 0. The number of carbonyl (C=O) groups is 2. The molecular formula is C12H14BrNO6S. The summed E-state index contributed by atoms with van der Waals surface area (Å²) >= 11 is 3.13. The molecule has 116 valence electrons. The normalized spacial score (nSPS) is 11.5. The van der Waals surface area contributed by atoms with E-state index in [-0.39, 0.29) is 10.5 Å². The Morgan fingerprint density at radius 1 is 1.38 bits per heavy atom. The number of nitrogens with zero attached hydrogens (tertiary/aromatic N) is 1. The van der Waals surface area contributed by atoms with Crippen LogP contribution in [0.15, 0.2) is 21.5 Å². The van der Waals surface area contributed by atoms with Crippen molar-refractivity contribution in [2.75, 3.05) is 20.7 Å². The number of benzene rings is 1. The molecule has 0 spiro atoms. The molecule has 0 unspecified atom stereocenters. The van der Waals surface area contributed by atoms with E-state index in [0.29, 0.717) is 10.0 Å². The van der Waals surface area contributed by atoms with Crippen LogP contribution in [0.1, 0.15) is 15.9 Å². The summed E-state index contributed by atoms with van der Waals surface area (Å²) in [5.41, 5.74) is 0.284. The Hall–Kier alpha value is -1.45. The minimum absolute atomic E-state index is 0.130. The van der Waals surface area contributed by atoms with Gasteiger partial charge in [-0.2, -0.15) is 4.31 Å². The van der Waals surface area contributed by atoms with E-state index in [0.717, 1.165) is 17.5 Å². The fourth-order valence-corrected chi connectivity index (χ4v) is 3.32. The maximum atomic E-state index is 12.3. The molecule has 0 amide bonds. The van der Waals surface area contributed by atoms with Gasteiger partial charge < -0.3 is 9.84 Å². The van der Waals surface area contributed by atoms with Crippen LogP contribution in [0, 0.1) is 6.92 Å². The zero-order valence-corrected chi connectivity index (χ0v) is 14.0. The van der Waals surface area contributed by atoms with Crippen molar-refractivity contribution in [1.82, 2.24) is 4.31 Å². The second-order valence-corrected chi connectivity index (χ2v) is 7.12. The van der Waals surface area contributed by atoms with Crippen LogP contribution in [0.4, 0.5) is 0 Å². The number of ether oxygens (including phenoxy) is 1. The number of hydrogen-bond donors (Lipinski definition) is 1. The quantitative estimate of drug-likeness (QED) is 0.772. The van der Waals surface area contributed by atoms with Gasteiger partial charge in [0.1, 0.15) is 6.54 Å². The van der Waals surface area contributed by atoms with Crippen molar-refractivity contribution in [3.05, 3.63) is 27.7 Å². The Labute approximate surface area is 130 Å².